The number of nitrogens with zero attached hydrogens (tertiary/aromatic N) is 2. The van der Waals surface area contributed by atoms with Crippen molar-refractivity contribution in [2.24, 2.45) is 5.92 Å². The molecule has 0 fully saturated rings. The smallest absolute Gasteiger partial charge is 0.274 e. The number of aliphatic hydroxyl groups excluding tert-OH is 1. The van der Waals surface area contributed by atoms with E-state index in [-0.39, 0.29) is 30.2 Å². The Morgan fingerprint density at radius 1 is 1.25 bits per heavy atom. The van der Waals surface area contributed by atoms with Crippen molar-refractivity contribution in [3.8, 4) is 5.75 Å². The number of anilines is 2. The maximum Gasteiger partial charge on any atom is 0.274 e. The Morgan fingerprint density at radius 3 is 2.54 bits per heavy atom. The summed E-state index contributed by atoms with van der Waals surface area (Å²) in [4.78, 5) is 20.4. The van der Waals surface area contributed by atoms with Crippen molar-refractivity contribution in [2.45, 2.75) is 19.9 Å². The fourth-order valence-electron chi connectivity index (χ4n) is 2.04. The van der Waals surface area contributed by atoms with Crippen LogP contribution in [0.4, 0.5) is 11.5 Å². The minimum atomic E-state index is -0.337. The van der Waals surface area contributed by atoms with Gasteiger partial charge in [-0.2, -0.15) is 0 Å². The van der Waals surface area contributed by atoms with Crippen molar-refractivity contribution in [3.63, 3.8) is 0 Å². The second-order valence-corrected chi connectivity index (χ2v) is 5.65. The fourth-order valence-corrected chi connectivity index (χ4v) is 2.04. The third-order valence-electron chi connectivity index (χ3n) is 3.58. The van der Waals surface area contributed by atoms with Crippen LogP contribution in [0.2, 0.25) is 0 Å². The van der Waals surface area contributed by atoms with Gasteiger partial charge in [-0.15, -0.1) is 0 Å². The van der Waals surface area contributed by atoms with Gasteiger partial charge in [0.25, 0.3) is 5.91 Å². The third-order valence-corrected chi connectivity index (χ3v) is 3.58. The fraction of sp³-hybridized carbons (Fsp3) is 0.353. The number of rotatable bonds is 7. The first-order chi connectivity index (χ1) is 11.5. The summed E-state index contributed by atoms with van der Waals surface area (Å²) in [5.74, 6) is 1.10. The molecule has 24 heavy (non-hydrogen) atoms. The summed E-state index contributed by atoms with van der Waals surface area (Å²) in [5, 5.41) is 15.2. The van der Waals surface area contributed by atoms with Crippen LogP contribution in [0.25, 0.3) is 0 Å². The number of nitrogens with one attached hydrogen (secondary N) is 2. The normalized spacial score (nSPS) is 11.9. The molecule has 0 saturated heterocycles. The molecule has 0 aliphatic carbocycles. The number of hydrogen-bond donors (Lipinski definition) is 3. The van der Waals surface area contributed by atoms with E-state index in [1.807, 2.05) is 13.8 Å². The molecule has 2 rings (SSSR count). The zero-order valence-electron chi connectivity index (χ0n) is 14.0. The van der Waals surface area contributed by atoms with Crippen LogP contribution in [0.3, 0.4) is 0 Å². The number of aliphatic hydroxyl groups is 1. The summed E-state index contributed by atoms with van der Waals surface area (Å²) in [6.07, 6.45) is 1.32. The van der Waals surface area contributed by atoms with Crippen molar-refractivity contribution in [3.05, 3.63) is 42.4 Å². The molecular formula is C17H22N4O3. The highest BCUT2D eigenvalue weighted by atomic mass is 16.5. The van der Waals surface area contributed by atoms with Gasteiger partial charge in [0.05, 0.1) is 19.8 Å². The molecule has 128 valence electrons. The average molecular weight is 330 g/mol. The lowest BCUT2D eigenvalue weighted by Crippen LogP contribution is -2.30. The highest BCUT2D eigenvalue weighted by Gasteiger charge is 2.14. The lowest BCUT2D eigenvalue weighted by molar-refractivity contribution is 0.102. The van der Waals surface area contributed by atoms with Gasteiger partial charge < -0.3 is 20.5 Å². The van der Waals surface area contributed by atoms with Crippen LogP contribution >= 0.6 is 0 Å². The summed E-state index contributed by atoms with van der Waals surface area (Å²) in [6.45, 7) is 3.97. The van der Waals surface area contributed by atoms with E-state index in [0.717, 1.165) is 0 Å². The molecular weight excluding hydrogens is 308 g/mol. The predicted octanol–water partition coefficient (Wildman–Crippen LogP) is 2.17. The van der Waals surface area contributed by atoms with E-state index in [0.29, 0.717) is 17.3 Å². The number of aromatic nitrogens is 2. The zero-order valence-corrected chi connectivity index (χ0v) is 14.0. The molecule has 2 aromatic rings. The van der Waals surface area contributed by atoms with Gasteiger partial charge in [-0.25, -0.2) is 9.97 Å². The summed E-state index contributed by atoms with van der Waals surface area (Å²) in [7, 11) is 1.58. The van der Waals surface area contributed by atoms with Gasteiger partial charge >= 0.3 is 0 Å². The molecule has 7 nitrogen and oxygen atoms in total. The van der Waals surface area contributed by atoms with Crippen LogP contribution in [0.5, 0.6) is 5.75 Å². The minimum Gasteiger partial charge on any atom is -0.497 e. The third kappa shape index (κ3) is 4.66. The molecule has 0 aliphatic rings. The minimum absolute atomic E-state index is 0.0188. The van der Waals surface area contributed by atoms with Gasteiger partial charge in [0.15, 0.2) is 0 Å². The van der Waals surface area contributed by atoms with Crippen LogP contribution in [0, 0.1) is 5.92 Å². The first-order valence-electron chi connectivity index (χ1n) is 7.68. The molecule has 0 radical (unpaired) electrons. The first kappa shape index (κ1) is 17.7. The number of carbonyl (C=O) groups excluding carboxylic acids is 1. The average Bonchev–Trinajstić information content (AvgIpc) is 2.60. The number of benzene rings is 1. The molecule has 3 N–H and O–H groups in total. The molecule has 0 spiro atoms. The van der Waals surface area contributed by atoms with Crippen LogP contribution < -0.4 is 15.4 Å². The SMILES string of the molecule is COc1ccc(NC(=O)c2cc(N[C@H](CO)C(C)C)ncn2)cc1. The van der Waals surface area contributed by atoms with E-state index in [1.165, 1.54) is 6.33 Å². The van der Waals surface area contributed by atoms with Gasteiger partial charge in [-0.1, -0.05) is 13.8 Å². The number of methoxy groups -OCH3 is 1. The molecule has 0 bridgehead atoms. The van der Waals surface area contributed by atoms with E-state index in [4.69, 9.17) is 4.74 Å². The molecule has 1 aromatic heterocycles. The molecule has 0 saturated carbocycles. The Kier molecular flexibility index (Phi) is 6.08. The number of carbonyl (C=O) groups is 1. The molecule has 0 aliphatic heterocycles. The molecule has 7 heteroatoms. The van der Waals surface area contributed by atoms with E-state index < -0.39 is 0 Å². The largest absolute Gasteiger partial charge is 0.497 e. The van der Waals surface area contributed by atoms with Crippen molar-refractivity contribution in [1.29, 1.82) is 0 Å². The van der Waals surface area contributed by atoms with Gasteiger partial charge in [-0.05, 0) is 30.2 Å². The lowest BCUT2D eigenvalue weighted by atomic mass is 10.1. The summed E-state index contributed by atoms with van der Waals surface area (Å²) < 4.78 is 5.08. The zero-order chi connectivity index (χ0) is 17.5. The number of ether oxygens (including phenoxy) is 1. The Balaban J connectivity index is 2.07. The van der Waals surface area contributed by atoms with Crippen LogP contribution in [-0.2, 0) is 0 Å². The van der Waals surface area contributed by atoms with E-state index >= 15 is 0 Å². The van der Waals surface area contributed by atoms with E-state index in [1.54, 1.807) is 37.4 Å². The Labute approximate surface area is 141 Å². The van der Waals surface area contributed by atoms with Crippen molar-refractivity contribution >= 4 is 17.4 Å². The second-order valence-electron chi connectivity index (χ2n) is 5.65. The maximum absolute atomic E-state index is 12.3. The molecule has 1 amide bonds. The maximum atomic E-state index is 12.3. The summed E-state index contributed by atoms with van der Waals surface area (Å²) in [6, 6.07) is 8.44. The highest BCUT2D eigenvalue weighted by molar-refractivity contribution is 6.03. The topological polar surface area (TPSA) is 96.4 Å². The summed E-state index contributed by atoms with van der Waals surface area (Å²) in [5.41, 5.74) is 0.883. The summed E-state index contributed by atoms with van der Waals surface area (Å²) >= 11 is 0. The van der Waals surface area contributed by atoms with Crippen molar-refractivity contribution in [1.82, 2.24) is 9.97 Å². The van der Waals surface area contributed by atoms with Crippen molar-refractivity contribution in [2.75, 3.05) is 24.4 Å². The standard InChI is InChI=1S/C17H22N4O3/c1-11(2)15(9-22)21-16-8-14(18-10-19-16)17(23)20-12-4-6-13(24-3)7-5-12/h4-8,10-11,15,22H,9H2,1-3H3,(H,20,23)(H,18,19,21)/t15-/m1/s1. The van der Waals surface area contributed by atoms with Gasteiger partial charge in [0.1, 0.15) is 23.6 Å². The lowest BCUT2D eigenvalue weighted by Gasteiger charge is -2.20. The molecule has 1 heterocycles. The van der Waals surface area contributed by atoms with Gasteiger partial charge in [0, 0.05) is 11.8 Å². The monoisotopic (exact) mass is 330 g/mol. The van der Waals surface area contributed by atoms with Crippen molar-refractivity contribution < 1.29 is 14.6 Å². The van der Waals surface area contributed by atoms with Crippen LogP contribution in [0.15, 0.2) is 36.7 Å². The second kappa shape index (κ2) is 8.26. The quantitative estimate of drug-likeness (QED) is 0.720. The van der Waals surface area contributed by atoms with E-state index in [9.17, 15) is 9.90 Å². The molecule has 1 atom stereocenters. The Morgan fingerprint density at radius 2 is 1.96 bits per heavy atom. The highest BCUT2D eigenvalue weighted by Crippen LogP contribution is 2.16. The number of amides is 1. The molecule has 0 unspecified atom stereocenters. The number of hydrogen-bond acceptors (Lipinski definition) is 6. The first-order valence-corrected chi connectivity index (χ1v) is 7.68. The van der Waals surface area contributed by atoms with Gasteiger partial charge in [-0.3, -0.25) is 4.79 Å². The predicted molar refractivity (Wildman–Crippen MR) is 92.3 cm³/mol. The van der Waals surface area contributed by atoms with Crippen LogP contribution in [0.1, 0.15) is 24.3 Å². The molecule has 1 aromatic carbocycles. The van der Waals surface area contributed by atoms with Gasteiger partial charge in [0.2, 0.25) is 0 Å². The van der Waals surface area contributed by atoms with Crippen LogP contribution in [-0.4, -0.2) is 40.7 Å². The van der Waals surface area contributed by atoms with E-state index in [2.05, 4.69) is 20.6 Å². The Bertz CT molecular complexity index is 674. The Hall–Kier alpha value is -2.67.